The van der Waals surface area contributed by atoms with Crippen LogP contribution >= 0.6 is 11.8 Å². The number of carboxylic acids is 1. The van der Waals surface area contributed by atoms with Crippen LogP contribution in [-0.2, 0) is 11.2 Å². The van der Waals surface area contributed by atoms with Crippen molar-refractivity contribution in [1.29, 1.82) is 0 Å². The van der Waals surface area contributed by atoms with Crippen LogP contribution in [0.1, 0.15) is 15.9 Å². The smallest absolute Gasteiger partial charge is 0.307 e. The third-order valence-corrected chi connectivity index (χ3v) is 3.75. The number of hydrogen-bond acceptors (Lipinski definition) is 3. The SMILES string of the molecule is CSc1ccccc1C(=O)Nc1ccccc1CC(=O)O. The largest absolute Gasteiger partial charge is 0.481 e. The molecule has 0 atom stereocenters. The summed E-state index contributed by atoms with van der Waals surface area (Å²) in [5.74, 6) is -1.17. The maximum atomic E-state index is 12.4. The summed E-state index contributed by atoms with van der Waals surface area (Å²) in [6.45, 7) is 0. The van der Waals surface area contributed by atoms with Crippen LogP contribution in [0.3, 0.4) is 0 Å². The minimum Gasteiger partial charge on any atom is -0.481 e. The Morgan fingerprint density at radius 2 is 1.76 bits per heavy atom. The molecule has 0 aliphatic carbocycles. The Hall–Kier alpha value is -2.27. The second-order valence-electron chi connectivity index (χ2n) is 4.38. The summed E-state index contributed by atoms with van der Waals surface area (Å²) >= 11 is 1.49. The summed E-state index contributed by atoms with van der Waals surface area (Å²) in [5, 5.41) is 11.7. The number of carbonyl (C=O) groups is 2. The summed E-state index contributed by atoms with van der Waals surface area (Å²) in [6.07, 6.45) is 1.78. The zero-order chi connectivity index (χ0) is 15.2. The maximum absolute atomic E-state index is 12.4. The lowest BCUT2D eigenvalue weighted by Gasteiger charge is -2.11. The van der Waals surface area contributed by atoms with Gasteiger partial charge in [-0.15, -0.1) is 11.8 Å². The van der Waals surface area contributed by atoms with E-state index in [0.717, 1.165) is 4.90 Å². The molecule has 0 saturated heterocycles. The maximum Gasteiger partial charge on any atom is 0.307 e. The quantitative estimate of drug-likeness (QED) is 0.832. The zero-order valence-electron chi connectivity index (χ0n) is 11.5. The predicted molar refractivity (Wildman–Crippen MR) is 84.0 cm³/mol. The van der Waals surface area contributed by atoms with Gasteiger partial charge in [-0.2, -0.15) is 0 Å². The number of hydrogen-bond donors (Lipinski definition) is 2. The highest BCUT2D eigenvalue weighted by Gasteiger charge is 2.13. The molecule has 4 nitrogen and oxygen atoms in total. The molecule has 0 fully saturated rings. The van der Waals surface area contributed by atoms with Crippen molar-refractivity contribution >= 4 is 29.3 Å². The van der Waals surface area contributed by atoms with Gasteiger partial charge in [0.2, 0.25) is 0 Å². The first-order valence-corrected chi connectivity index (χ1v) is 7.58. The molecule has 5 heteroatoms. The van der Waals surface area contributed by atoms with E-state index in [9.17, 15) is 9.59 Å². The molecule has 0 saturated carbocycles. The van der Waals surface area contributed by atoms with Crippen molar-refractivity contribution in [3.05, 3.63) is 59.7 Å². The van der Waals surface area contributed by atoms with Crippen LogP contribution in [-0.4, -0.2) is 23.2 Å². The van der Waals surface area contributed by atoms with Crippen molar-refractivity contribution in [2.45, 2.75) is 11.3 Å². The average molecular weight is 301 g/mol. The number of aliphatic carboxylic acids is 1. The second-order valence-corrected chi connectivity index (χ2v) is 5.23. The Bertz CT molecular complexity index is 670. The fourth-order valence-corrected chi connectivity index (χ4v) is 2.58. The van der Waals surface area contributed by atoms with Crippen molar-refractivity contribution in [2.24, 2.45) is 0 Å². The highest BCUT2D eigenvalue weighted by atomic mass is 32.2. The monoisotopic (exact) mass is 301 g/mol. The Balaban J connectivity index is 2.26. The molecule has 2 N–H and O–H groups in total. The second kappa shape index (κ2) is 6.95. The van der Waals surface area contributed by atoms with Crippen LogP contribution in [0.25, 0.3) is 0 Å². The molecule has 0 aliphatic heterocycles. The summed E-state index contributed by atoms with van der Waals surface area (Å²) in [5.41, 5.74) is 1.69. The molecule has 108 valence electrons. The molecule has 2 aromatic carbocycles. The molecule has 0 radical (unpaired) electrons. The highest BCUT2D eigenvalue weighted by Crippen LogP contribution is 2.22. The number of rotatable bonds is 5. The molecule has 0 heterocycles. The molecule has 1 amide bonds. The molecule has 0 unspecified atom stereocenters. The third kappa shape index (κ3) is 3.86. The number of anilines is 1. The summed E-state index contributed by atoms with van der Waals surface area (Å²) in [6, 6.07) is 14.2. The minimum atomic E-state index is -0.929. The fourth-order valence-electron chi connectivity index (χ4n) is 1.98. The first-order valence-electron chi connectivity index (χ1n) is 6.36. The minimum absolute atomic E-state index is 0.124. The number of benzene rings is 2. The lowest BCUT2D eigenvalue weighted by Crippen LogP contribution is -2.15. The average Bonchev–Trinajstić information content (AvgIpc) is 2.48. The van der Waals surface area contributed by atoms with Gasteiger partial charge in [-0.05, 0) is 30.0 Å². The van der Waals surface area contributed by atoms with Gasteiger partial charge in [-0.1, -0.05) is 30.3 Å². The normalized spacial score (nSPS) is 10.1. The van der Waals surface area contributed by atoms with E-state index in [1.165, 1.54) is 11.8 Å². The van der Waals surface area contributed by atoms with Crippen LogP contribution in [0.2, 0.25) is 0 Å². The zero-order valence-corrected chi connectivity index (χ0v) is 12.3. The van der Waals surface area contributed by atoms with E-state index in [0.29, 0.717) is 16.8 Å². The number of nitrogens with one attached hydrogen (secondary N) is 1. The molecular formula is C16H15NO3S. The van der Waals surface area contributed by atoms with Crippen LogP contribution in [0, 0.1) is 0 Å². The lowest BCUT2D eigenvalue weighted by molar-refractivity contribution is -0.136. The van der Waals surface area contributed by atoms with Gasteiger partial charge in [0.15, 0.2) is 0 Å². The topological polar surface area (TPSA) is 66.4 Å². The van der Waals surface area contributed by atoms with Crippen LogP contribution in [0.5, 0.6) is 0 Å². The van der Waals surface area contributed by atoms with Gasteiger partial charge in [0.05, 0.1) is 12.0 Å². The number of thioether (sulfide) groups is 1. The van der Waals surface area contributed by atoms with E-state index in [1.54, 1.807) is 36.4 Å². The van der Waals surface area contributed by atoms with E-state index in [1.807, 2.05) is 18.4 Å². The Labute approximate surface area is 127 Å². The lowest BCUT2D eigenvalue weighted by atomic mass is 10.1. The number of carbonyl (C=O) groups excluding carboxylic acids is 1. The van der Waals surface area contributed by atoms with Gasteiger partial charge in [0.25, 0.3) is 5.91 Å². The number of amides is 1. The summed E-state index contributed by atoms with van der Waals surface area (Å²) in [4.78, 5) is 24.1. The molecule has 21 heavy (non-hydrogen) atoms. The van der Waals surface area contributed by atoms with Crippen molar-refractivity contribution < 1.29 is 14.7 Å². The van der Waals surface area contributed by atoms with E-state index in [-0.39, 0.29) is 12.3 Å². The standard InChI is InChI=1S/C16H15NO3S/c1-21-14-9-5-3-7-12(14)16(20)17-13-8-4-2-6-11(13)10-15(18)19/h2-9H,10H2,1H3,(H,17,20)(H,18,19). The van der Waals surface area contributed by atoms with E-state index in [2.05, 4.69) is 5.32 Å². The molecule has 0 aliphatic rings. The Morgan fingerprint density at radius 1 is 1.10 bits per heavy atom. The Morgan fingerprint density at radius 3 is 2.48 bits per heavy atom. The van der Waals surface area contributed by atoms with E-state index in [4.69, 9.17) is 5.11 Å². The molecule has 0 bridgehead atoms. The highest BCUT2D eigenvalue weighted by molar-refractivity contribution is 7.98. The number of para-hydroxylation sites is 1. The fraction of sp³-hybridized carbons (Fsp3) is 0.125. The van der Waals surface area contributed by atoms with Gasteiger partial charge in [-0.3, -0.25) is 9.59 Å². The van der Waals surface area contributed by atoms with Crippen molar-refractivity contribution in [1.82, 2.24) is 0 Å². The molecular weight excluding hydrogens is 286 g/mol. The van der Waals surface area contributed by atoms with Crippen LogP contribution in [0.15, 0.2) is 53.4 Å². The van der Waals surface area contributed by atoms with Gasteiger partial charge in [0.1, 0.15) is 0 Å². The first-order chi connectivity index (χ1) is 10.1. The van der Waals surface area contributed by atoms with Crippen LogP contribution < -0.4 is 5.32 Å². The van der Waals surface area contributed by atoms with E-state index < -0.39 is 5.97 Å². The first kappa shape index (κ1) is 15.1. The molecule has 2 rings (SSSR count). The molecule has 0 spiro atoms. The van der Waals surface area contributed by atoms with Gasteiger partial charge < -0.3 is 10.4 Å². The van der Waals surface area contributed by atoms with Crippen LogP contribution in [0.4, 0.5) is 5.69 Å². The predicted octanol–water partition coefficient (Wildman–Crippen LogP) is 3.29. The van der Waals surface area contributed by atoms with E-state index >= 15 is 0 Å². The summed E-state index contributed by atoms with van der Waals surface area (Å²) < 4.78 is 0. The van der Waals surface area contributed by atoms with Gasteiger partial charge in [-0.25, -0.2) is 0 Å². The van der Waals surface area contributed by atoms with Gasteiger partial charge >= 0.3 is 5.97 Å². The Kier molecular flexibility index (Phi) is 5.00. The van der Waals surface area contributed by atoms with Crippen molar-refractivity contribution in [2.75, 3.05) is 11.6 Å². The third-order valence-electron chi connectivity index (χ3n) is 2.96. The van der Waals surface area contributed by atoms with Crippen molar-refractivity contribution in [3.63, 3.8) is 0 Å². The van der Waals surface area contributed by atoms with Crippen molar-refractivity contribution in [3.8, 4) is 0 Å². The molecule has 2 aromatic rings. The van der Waals surface area contributed by atoms with Gasteiger partial charge in [0, 0.05) is 10.6 Å². The molecule has 0 aromatic heterocycles. The number of carboxylic acid groups (broad SMARTS) is 1. The summed E-state index contributed by atoms with van der Waals surface area (Å²) in [7, 11) is 0.